The van der Waals surface area contributed by atoms with Crippen molar-refractivity contribution in [3.05, 3.63) is 53.4 Å². The van der Waals surface area contributed by atoms with Gasteiger partial charge in [-0.2, -0.15) is 4.98 Å². The quantitative estimate of drug-likeness (QED) is 0.612. The maximum Gasteiger partial charge on any atom is 0.263 e. The second-order valence-corrected chi connectivity index (χ2v) is 7.56. The fourth-order valence-electron chi connectivity index (χ4n) is 3.62. The number of carbonyl (C=O) groups excluding carboxylic acids is 1. The van der Waals surface area contributed by atoms with E-state index in [1.807, 2.05) is 17.0 Å². The number of halogens is 2. The summed E-state index contributed by atoms with van der Waals surface area (Å²) in [5.41, 5.74) is 1.97. The molecule has 3 heterocycles. The van der Waals surface area contributed by atoms with Gasteiger partial charge in [0.1, 0.15) is 5.82 Å². The average Bonchev–Trinajstić information content (AvgIpc) is 2.73. The van der Waals surface area contributed by atoms with Crippen LogP contribution in [0.5, 0.6) is 5.88 Å². The van der Waals surface area contributed by atoms with E-state index >= 15 is 0 Å². The van der Waals surface area contributed by atoms with Crippen LogP contribution in [-0.4, -0.2) is 40.0 Å². The van der Waals surface area contributed by atoms with Crippen molar-refractivity contribution in [2.24, 2.45) is 0 Å². The van der Waals surface area contributed by atoms with Gasteiger partial charge in [0.25, 0.3) is 5.91 Å². The Morgan fingerprint density at radius 2 is 1.93 bits per heavy atom. The van der Waals surface area contributed by atoms with Crippen LogP contribution >= 0.6 is 11.6 Å². The van der Waals surface area contributed by atoms with Crippen molar-refractivity contribution in [3.8, 4) is 17.0 Å². The number of aromatic nitrogens is 2. The lowest BCUT2D eigenvalue weighted by molar-refractivity contribution is -0.138. The van der Waals surface area contributed by atoms with Gasteiger partial charge in [0.15, 0.2) is 11.8 Å². The number of likely N-dealkylation sites (tertiary alicyclic amines) is 1. The minimum absolute atomic E-state index is 0.0219. The topological polar surface area (TPSA) is 55.3 Å². The Balaban J connectivity index is 1.59. The Morgan fingerprint density at radius 3 is 2.69 bits per heavy atom. The molecule has 5 nitrogen and oxygen atoms in total. The van der Waals surface area contributed by atoms with Crippen LogP contribution in [0.3, 0.4) is 0 Å². The van der Waals surface area contributed by atoms with Gasteiger partial charge < -0.3 is 9.64 Å². The van der Waals surface area contributed by atoms with E-state index in [9.17, 15) is 9.18 Å². The van der Waals surface area contributed by atoms with E-state index in [4.69, 9.17) is 16.3 Å². The molecule has 1 saturated heterocycles. The zero-order valence-electron chi connectivity index (χ0n) is 16.1. The predicted octanol–water partition coefficient (Wildman–Crippen LogP) is 4.87. The first kappa shape index (κ1) is 19.6. The van der Waals surface area contributed by atoms with Crippen LogP contribution in [-0.2, 0) is 4.79 Å². The summed E-state index contributed by atoms with van der Waals surface area (Å²) < 4.78 is 19.2. The highest BCUT2D eigenvalue weighted by molar-refractivity contribution is 6.33. The molecular weight excluding hydrogens is 393 g/mol. The summed E-state index contributed by atoms with van der Waals surface area (Å²) in [6.45, 7) is 3.30. The number of pyridine rings is 2. The third kappa shape index (κ3) is 4.17. The zero-order chi connectivity index (χ0) is 20.4. The lowest BCUT2D eigenvalue weighted by atomic mass is 10.0. The van der Waals surface area contributed by atoms with Crippen molar-refractivity contribution in [1.82, 2.24) is 14.9 Å². The smallest absolute Gasteiger partial charge is 0.263 e. The summed E-state index contributed by atoms with van der Waals surface area (Å²) in [4.78, 5) is 23.2. The van der Waals surface area contributed by atoms with Crippen LogP contribution in [0.2, 0.25) is 5.02 Å². The summed E-state index contributed by atoms with van der Waals surface area (Å²) >= 11 is 6.23. The maximum absolute atomic E-state index is 13.4. The number of carbonyl (C=O) groups is 1. The minimum atomic E-state index is -0.618. The number of piperidine rings is 1. The molecule has 0 bridgehead atoms. The molecule has 1 aliphatic rings. The number of nitrogens with zero attached hydrogens (tertiary/aromatic N) is 3. The van der Waals surface area contributed by atoms with Crippen molar-refractivity contribution in [2.45, 2.75) is 32.3 Å². The van der Waals surface area contributed by atoms with Gasteiger partial charge in [-0.3, -0.25) is 4.79 Å². The minimum Gasteiger partial charge on any atom is -0.464 e. The summed E-state index contributed by atoms with van der Waals surface area (Å²) in [5, 5.41) is 1.09. The summed E-state index contributed by atoms with van der Waals surface area (Å²) in [7, 11) is 0. The van der Waals surface area contributed by atoms with Crippen molar-refractivity contribution >= 4 is 28.5 Å². The molecule has 0 N–H and O–H groups in total. The van der Waals surface area contributed by atoms with E-state index in [1.54, 1.807) is 25.3 Å². The monoisotopic (exact) mass is 413 g/mol. The van der Waals surface area contributed by atoms with Gasteiger partial charge in [-0.05, 0) is 62.1 Å². The van der Waals surface area contributed by atoms with Crippen molar-refractivity contribution in [1.29, 1.82) is 0 Å². The molecule has 29 heavy (non-hydrogen) atoms. The van der Waals surface area contributed by atoms with Crippen LogP contribution < -0.4 is 4.74 Å². The summed E-state index contributed by atoms with van der Waals surface area (Å²) in [6.07, 6.45) is 4.23. The molecule has 3 aromatic rings. The van der Waals surface area contributed by atoms with E-state index in [0.717, 1.165) is 43.3 Å². The molecule has 1 amide bonds. The van der Waals surface area contributed by atoms with Gasteiger partial charge >= 0.3 is 0 Å². The number of ether oxygens (including phenoxy) is 1. The first-order valence-electron chi connectivity index (χ1n) is 9.69. The van der Waals surface area contributed by atoms with Crippen LogP contribution in [0.4, 0.5) is 4.39 Å². The Labute approximate surface area is 173 Å². The lowest BCUT2D eigenvalue weighted by Crippen LogP contribution is -2.43. The van der Waals surface area contributed by atoms with E-state index in [0.29, 0.717) is 22.1 Å². The molecule has 1 aromatic carbocycles. The molecule has 2 aromatic heterocycles. The van der Waals surface area contributed by atoms with Gasteiger partial charge in [-0.1, -0.05) is 11.6 Å². The maximum atomic E-state index is 13.4. The summed E-state index contributed by atoms with van der Waals surface area (Å²) in [6, 6.07) is 9.64. The molecule has 1 aliphatic heterocycles. The standard InChI is InChI=1S/C22H21ClFN3O2/c1-14(22(28)27-11-3-2-4-12-27)29-20-8-7-18-16(9-10-25-21(18)26-20)17-6-5-15(24)13-19(17)23/h5-10,13-14H,2-4,11-12H2,1H3/t14-/m0/s1. The van der Waals surface area contributed by atoms with Crippen molar-refractivity contribution in [2.75, 3.05) is 13.1 Å². The SMILES string of the molecule is C[C@H](Oc1ccc2c(-c3ccc(F)cc3Cl)ccnc2n1)C(=O)N1CCCCC1. The molecule has 0 radical (unpaired) electrons. The molecule has 4 rings (SSSR count). The van der Waals surface area contributed by atoms with Crippen molar-refractivity contribution in [3.63, 3.8) is 0 Å². The highest BCUT2D eigenvalue weighted by Crippen LogP contribution is 2.33. The molecule has 0 saturated carbocycles. The first-order valence-corrected chi connectivity index (χ1v) is 10.1. The Kier molecular flexibility index (Phi) is 5.62. The number of hydrogen-bond donors (Lipinski definition) is 0. The third-order valence-corrected chi connectivity index (χ3v) is 5.42. The number of fused-ring (bicyclic) bond motifs is 1. The Bertz CT molecular complexity index is 1050. The van der Waals surface area contributed by atoms with Crippen LogP contribution in [0.15, 0.2) is 42.6 Å². The fourth-order valence-corrected chi connectivity index (χ4v) is 3.89. The molecule has 0 spiro atoms. The average molecular weight is 414 g/mol. The Morgan fingerprint density at radius 1 is 1.14 bits per heavy atom. The lowest BCUT2D eigenvalue weighted by Gasteiger charge is -2.29. The van der Waals surface area contributed by atoms with Crippen LogP contribution in [0.25, 0.3) is 22.2 Å². The normalized spacial score (nSPS) is 15.3. The molecule has 0 aliphatic carbocycles. The van der Waals surface area contributed by atoms with Gasteiger partial charge in [-0.25, -0.2) is 9.37 Å². The molecule has 1 atom stereocenters. The van der Waals surface area contributed by atoms with Gasteiger partial charge in [0, 0.05) is 36.3 Å². The molecule has 0 unspecified atom stereocenters. The first-order chi connectivity index (χ1) is 14.0. The number of rotatable bonds is 4. The largest absolute Gasteiger partial charge is 0.464 e. The fraction of sp³-hybridized carbons (Fsp3) is 0.318. The highest BCUT2D eigenvalue weighted by atomic mass is 35.5. The predicted molar refractivity (Wildman–Crippen MR) is 110 cm³/mol. The highest BCUT2D eigenvalue weighted by Gasteiger charge is 2.24. The zero-order valence-corrected chi connectivity index (χ0v) is 16.8. The van der Waals surface area contributed by atoms with E-state index in [2.05, 4.69) is 9.97 Å². The van der Waals surface area contributed by atoms with Crippen LogP contribution in [0, 0.1) is 5.82 Å². The Hall–Kier alpha value is -2.73. The second-order valence-electron chi connectivity index (χ2n) is 7.15. The third-order valence-electron chi connectivity index (χ3n) is 5.11. The van der Waals surface area contributed by atoms with E-state index < -0.39 is 11.9 Å². The number of amides is 1. The van der Waals surface area contributed by atoms with Crippen LogP contribution in [0.1, 0.15) is 26.2 Å². The summed E-state index contributed by atoms with van der Waals surface area (Å²) in [5.74, 6) is -0.0742. The van der Waals surface area contributed by atoms with Crippen molar-refractivity contribution < 1.29 is 13.9 Å². The molecule has 150 valence electrons. The molecule has 1 fully saturated rings. The molecular formula is C22H21ClFN3O2. The van der Waals surface area contributed by atoms with E-state index in [-0.39, 0.29) is 5.91 Å². The van der Waals surface area contributed by atoms with Gasteiger partial charge in [0.2, 0.25) is 5.88 Å². The number of benzene rings is 1. The van der Waals surface area contributed by atoms with E-state index in [1.165, 1.54) is 12.1 Å². The second kappa shape index (κ2) is 8.33. The number of hydrogen-bond acceptors (Lipinski definition) is 4. The van der Waals surface area contributed by atoms with Gasteiger partial charge in [0.05, 0.1) is 5.02 Å². The van der Waals surface area contributed by atoms with Gasteiger partial charge in [-0.15, -0.1) is 0 Å². The molecule has 7 heteroatoms.